The third kappa shape index (κ3) is 9.07. The van der Waals surface area contributed by atoms with E-state index in [-0.39, 0.29) is 53.4 Å². The normalized spacial score (nSPS) is 28.7. The second kappa shape index (κ2) is 16.7. The van der Waals surface area contributed by atoms with E-state index < -0.39 is 29.6 Å². The van der Waals surface area contributed by atoms with Gasteiger partial charge in [0.1, 0.15) is 36.3 Å². The fraction of sp³-hybridized carbons (Fsp3) is 0.692. The third-order valence-electron chi connectivity index (χ3n) is 12.0. The van der Waals surface area contributed by atoms with Crippen LogP contribution in [0, 0.1) is 28.1 Å². The molecule has 1 aromatic rings. The van der Waals surface area contributed by atoms with Crippen LogP contribution in [0.15, 0.2) is 30.4 Å². The van der Waals surface area contributed by atoms with Crippen LogP contribution in [-0.4, -0.2) is 98.3 Å². The van der Waals surface area contributed by atoms with E-state index in [0.717, 1.165) is 45.3 Å². The van der Waals surface area contributed by atoms with Crippen molar-refractivity contribution in [1.82, 2.24) is 26.3 Å². The molecule has 4 aliphatic rings. The fourth-order valence-corrected chi connectivity index (χ4v) is 8.86. The second-order valence-corrected chi connectivity index (χ2v) is 16.8. The number of nitriles is 1. The summed E-state index contributed by atoms with van der Waals surface area (Å²) in [5, 5.41) is 23.9. The van der Waals surface area contributed by atoms with Gasteiger partial charge in [0, 0.05) is 61.2 Å². The zero-order valence-electron chi connectivity index (χ0n) is 32.2. The summed E-state index contributed by atoms with van der Waals surface area (Å²) in [6.45, 7) is 19.5. The average molecular weight is 757 g/mol. The monoisotopic (exact) mass is 756 g/mol. The van der Waals surface area contributed by atoms with E-state index in [1.807, 2.05) is 6.92 Å². The molecule has 0 spiro atoms. The minimum atomic E-state index is -1.10. The Morgan fingerprint density at radius 2 is 1.83 bits per heavy atom. The third-order valence-corrected chi connectivity index (χ3v) is 12.3. The number of halogens is 1. The molecular formula is C39H57ClN6O7. The molecule has 14 heteroatoms. The summed E-state index contributed by atoms with van der Waals surface area (Å²) in [5.74, 6) is -0.136. The number of nitrogens with zero attached hydrogens (tertiary/aromatic N) is 2. The highest BCUT2D eigenvalue weighted by atomic mass is 35.5. The van der Waals surface area contributed by atoms with E-state index in [4.69, 9.17) is 30.6 Å². The van der Waals surface area contributed by atoms with E-state index in [1.165, 1.54) is 0 Å². The molecule has 2 saturated heterocycles. The summed E-state index contributed by atoms with van der Waals surface area (Å²) in [7, 11) is 1.56. The highest BCUT2D eigenvalue weighted by Crippen LogP contribution is 2.55. The molecule has 0 radical (unpaired) electrons. The molecule has 1 aromatic carbocycles. The lowest BCUT2D eigenvalue weighted by Crippen LogP contribution is -2.74. The lowest BCUT2D eigenvalue weighted by atomic mass is 9.49. The van der Waals surface area contributed by atoms with E-state index in [9.17, 15) is 19.6 Å². The van der Waals surface area contributed by atoms with E-state index in [0.29, 0.717) is 35.0 Å². The molecule has 4 fully saturated rings. The number of rotatable bonds is 16. The van der Waals surface area contributed by atoms with Gasteiger partial charge in [-0.3, -0.25) is 29.9 Å². The number of imide groups is 1. The zero-order chi connectivity index (χ0) is 38.7. The first-order valence-electron chi connectivity index (χ1n) is 18.7. The minimum Gasteiger partial charge on any atom is -0.489 e. The maximum atomic E-state index is 13.2. The number of hydrogen-bond donors (Lipinski definition) is 4. The molecule has 3 amide bonds. The summed E-state index contributed by atoms with van der Waals surface area (Å²) in [4.78, 5) is 43.0. The Morgan fingerprint density at radius 3 is 2.43 bits per heavy atom. The molecule has 13 nitrogen and oxygen atoms in total. The number of methoxy groups -OCH3 is 1. The van der Waals surface area contributed by atoms with Crippen LogP contribution < -0.4 is 26.0 Å². The Hall–Kier alpha value is -3.09. The van der Waals surface area contributed by atoms with E-state index >= 15 is 0 Å². The predicted octanol–water partition coefficient (Wildman–Crippen LogP) is 3.99. The number of carbonyl (C=O) groups excluding carboxylic acids is 3. The molecular weight excluding hydrogens is 700 g/mol. The van der Waals surface area contributed by atoms with Gasteiger partial charge in [0.25, 0.3) is 0 Å². The van der Waals surface area contributed by atoms with Crippen LogP contribution in [0.3, 0.4) is 0 Å². The number of benzene rings is 1. The van der Waals surface area contributed by atoms with Crippen LogP contribution in [-0.2, 0) is 28.7 Å². The van der Waals surface area contributed by atoms with Gasteiger partial charge in [-0.2, -0.15) is 10.3 Å². The van der Waals surface area contributed by atoms with Gasteiger partial charge in [-0.15, -0.1) is 0 Å². The molecule has 3 unspecified atom stereocenters. The second-order valence-electron chi connectivity index (χ2n) is 16.4. The summed E-state index contributed by atoms with van der Waals surface area (Å²) in [6.07, 6.45) is 3.52. The molecule has 0 bridgehead atoms. The molecule has 4 N–H and O–H groups in total. The van der Waals surface area contributed by atoms with Crippen LogP contribution in [0.25, 0.3) is 0 Å². The number of ether oxygens (including phenoxy) is 3. The summed E-state index contributed by atoms with van der Waals surface area (Å²) < 4.78 is 18.5. The van der Waals surface area contributed by atoms with Crippen LogP contribution in [0.4, 0.5) is 0 Å². The van der Waals surface area contributed by atoms with Gasteiger partial charge in [0.15, 0.2) is 0 Å². The maximum absolute atomic E-state index is 13.2. The summed E-state index contributed by atoms with van der Waals surface area (Å²) >= 11 is 6.24. The molecule has 2 aliphatic heterocycles. The first kappa shape index (κ1) is 41.1. The highest BCUT2D eigenvalue weighted by molar-refractivity contribution is 6.31. The van der Waals surface area contributed by atoms with Crippen molar-refractivity contribution in [3.63, 3.8) is 0 Å². The first-order chi connectivity index (χ1) is 25.0. The standard InChI is InChI=1S/C39H57ClN6O7/c1-23(33(48)44-31-11-12-32(47)45-34(31)49)39(7,24(2)50-8)53-29-17-27(18-29)42-21-25-13-15-46(16-14-25)51-22-43-35-37(3,4)36(38(35,5)6)52-28-10-9-26(20-41)30(40)19-28/h9-10,19,24-25,27,29,31,35-36,42-43H,1,11-18,21-22H2,2-8H3,(H,44,48)(H,45,47,49). The Bertz CT molecular complexity index is 1550. The highest BCUT2D eigenvalue weighted by Gasteiger charge is 2.63. The van der Waals surface area contributed by atoms with Gasteiger partial charge in [0.05, 0.1) is 22.8 Å². The van der Waals surface area contributed by atoms with Gasteiger partial charge >= 0.3 is 0 Å². The predicted molar refractivity (Wildman–Crippen MR) is 200 cm³/mol. The molecule has 2 saturated carbocycles. The van der Waals surface area contributed by atoms with E-state index in [2.05, 4.69) is 66.7 Å². The van der Waals surface area contributed by atoms with Crippen LogP contribution >= 0.6 is 11.6 Å². The minimum absolute atomic E-state index is 0.0477. The molecule has 292 valence electrons. The number of amides is 3. The molecule has 0 aromatic heterocycles. The van der Waals surface area contributed by atoms with Gasteiger partial charge in [-0.1, -0.05) is 45.9 Å². The summed E-state index contributed by atoms with van der Waals surface area (Å²) in [6, 6.07) is 6.99. The summed E-state index contributed by atoms with van der Waals surface area (Å²) in [5.41, 5.74) is -0.795. The molecule has 53 heavy (non-hydrogen) atoms. The van der Waals surface area contributed by atoms with Crippen molar-refractivity contribution in [1.29, 1.82) is 5.26 Å². The van der Waals surface area contributed by atoms with Crippen molar-refractivity contribution >= 4 is 29.3 Å². The lowest BCUT2D eigenvalue weighted by Gasteiger charge is -2.63. The Morgan fingerprint density at radius 1 is 1.15 bits per heavy atom. The number of piperidine rings is 2. The quantitative estimate of drug-likeness (QED) is 0.110. The number of nitrogens with one attached hydrogen (secondary N) is 4. The molecule has 3 atom stereocenters. The van der Waals surface area contributed by atoms with Crippen LogP contribution in [0.2, 0.25) is 5.02 Å². The van der Waals surface area contributed by atoms with Gasteiger partial charge in [-0.05, 0) is 70.5 Å². The van der Waals surface area contributed by atoms with E-state index in [1.54, 1.807) is 32.2 Å². The molecule has 5 rings (SSSR count). The first-order valence-corrected chi connectivity index (χ1v) is 19.1. The zero-order valence-corrected chi connectivity index (χ0v) is 32.9. The van der Waals surface area contributed by atoms with Crippen molar-refractivity contribution in [2.45, 2.75) is 122 Å². The van der Waals surface area contributed by atoms with Crippen molar-refractivity contribution in [2.24, 2.45) is 16.7 Å². The van der Waals surface area contributed by atoms with Crippen molar-refractivity contribution in [2.75, 3.05) is 33.5 Å². The van der Waals surface area contributed by atoms with Crippen molar-refractivity contribution < 1.29 is 33.4 Å². The van der Waals surface area contributed by atoms with Crippen LogP contribution in [0.1, 0.15) is 85.6 Å². The molecule has 2 heterocycles. The average Bonchev–Trinajstić information content (AvgIpc) is 3.10. The Labute approximate surface area is 318 Å². The SMILES string of the molecule is C=C(C(=O)NC1CCC(=O)NC1=O)C(C)(OC1CC(NCC2CCN(OCNC3C(C)(C)C(Oc4ccc(C#N)c(Cl)c4)C3(C)C)CC2)C1)C(C)OC. The maximum Gasteiger partial charge on any atom is 0.250 e. The number of hydroxylamine groups is 2. The number of hydrogen-bond acceptors (Lipinski definition) is 11. The van der Waals surface area contributed by atoms with Gasteiger partial charge in [-0.25, -0.2) is 0 Å². The lowest BCUT2D eigenvalue weighted by molar-refractivity contribution is -0.211. The van der Waals surface area contributed by atoms with Gasteiger partial charge < -0.3 is 24.8 Å². The Balaban J connectivity index is 0.988. The van der Waals surface area contributed by atoms with Crippen molar-refractivity contribution in [3.8, 4) is 11.8 Å². The number of carbonyl (C=O) groups is 3. The topological polar surface area (TPSA) is 163 Å². The smallest absolute Gasteiger partial charge is 0.250 e. The molecule has 2 aliphatic carbocycles. The largest absolute Gasteiger partial charge is 0.489 e. The van der Waals surface area contributed by atoms with Crippen molar-refractivity contribution in [3.05, 3.63) is 40.9 Å². The van der Waals surface area contributed by atoms with Gasteiger partial charge in [0.2, 0.25) is 17.7 Å². The van der Waals surface area contributed by atoms with Crippen LogP contribution in [0.5, 0.6) is 5.75 Å². The fourth-order valence-electron chi connectivity index (χ4n) is 8.65. The Kier molecular flexibility index (Phi) is 13.0.